The largest absolute Gasteiger partial charge is 0.481 e. The minimum Gasteiger partial charge on any atom is -0.481 e. The van der Waals surface area contributed by atoms with Crippen LogP contribution in [-0.2, 0) is 9.59 Å². The molecule has 0 rings (SSSR count). The van der Waals surface area contributed by atoms with Crippen molar-refractivity contribution in [3.05, 3.63) is 0 Å². The normalized spacial score (nSPS) is 12.2. The third-order valence-electron chi connectivity index (χ3n) is 1.02. The van der Waals surface area contributed by atoms with E-state index in [1.165, 1.54) is 0 Å². The zero-order chi connectivity index (χ0) is 8.85. The number of amides is 1. The lowest BCUT2D eigenvalue weighted by Crippen LogP contribution is -2.35. The second-order valence-corrected chi connectivity index (χ2v) is 2.01. The highest BCUT2D eigenvalue weighted by Gasteiger charge is 2.16. The standard InChI is InChI=1S/C6H11NO4/c1-2-7-6(11)4(8)3-5(9)10/h4,8H,2-3H2,1H3,(H,7,11)(H,9,10). The summed E-state index contributed by atoms with van der Waals surface area (Å²) in [6.07, 6.45) is -1.99. The molecule has 0 saturated heterocycles. The summed E-state index contributed by atoms with van der Waals surface area (Å²) in [5.41, 5.74) is 0. The highest BCUT2D eigenvalue weighted by atomic mass is 16.4. The molecule has 0 fully saturated rings. The van der Waals surface area contributed by atoms with Crippen molar-refractivity contribution in [3.63, 3.8) is 0 Å². The van der Waals surface area contributed by atoms with Crippen molar-refractivity contribution < 1.29 is 19.8 Å². The number of carboxylic acid groups (broad SMARTS) is 1. The molecule has 0 aromatic rings. The molecule has 3 N–H and O–H groups in total. The maximum atomic E-state index is 10.7. The molecular weight excluding hydrogens is 150 g/mol. The summed E-state index contributed by atoms with van der Waals surface area (Å²) in [4.78, 5) is 20.6. The molecule has 0 radical (unpaired) electrons. The minimum atomic E-state index is -1.44. The number of aliphatic hydroxyl groups is 1. The van der Waals surface area contributed by atoms with Crippen molar-refractivity contribution in [2.75, 3.05) is 6.54 Å². The van der Waals surface area contributed by atoms with E-state index in [2.05, 4.69) is 5.32 Å². The number of carbonyl (C=O) groups is 2. The zero-order valence-electron chi connectivity index (χ0n) is 6.20. The van der Waals surface area contributed by atoms with Gasteiger partial charge in [-0.15, -0.1) is 0 Å². The smallest absolute Gasteiger partial charge is 0.306 e. The fraction of sp³-hybridized carbons (Fsp3) is 0.667. The van der Waals surface area contributed by atoms with Gasteiger partial charge in [0.2, 0.25) is 5.91 Å². The van der Waals surface area contributed by atoms with Crippen LogP contribution in [0.25, 0.3) is 0 Å². The predicted octanol–water partition coefficient (Wildman–Crippen LogP) is -1.04. The Labute approximate surface area is 64.0 Å². The number of likely N-dealkylation sites (N-methyl/N-ethyl adjacent to an activating group) is 1. The number of aliphatic carboxylic acids is 1. The van der Waals surface area contributed by atoms with Crippen LogP contribution in [0.3, 0.4) is 0 Å². The van der Waals surface area contributed by atoms with Gasteiger partial charge in [0.05, 0.1) is 6.42 Å². The van der Waals surface area contributed by atoms with Gasteiger partial charge in [0, 0.05) is 6.54 Å². The molecular formula is C6H11NO4. The molecule has 0 aromatic heterocycles. The van der Waals surface area contributed by atoms with Crippen molar-refractivity contribution in [2.45, 2.75) is 19.4 Å². The van der Waals surface area contributed by atoms with Crippen LogP contribution in [0.5, 0.6) is 0 Å². The predicted molar refractivity (Wildman–Crippen MR) is 36.9 cm³/mol. The average molecular weight is 161 g/mol. The van der Waals surface area contributed by atoms with Gasteiger partial charge < -0.3 is 15.5 Å². The van der Waals surface area contributed by atoms with E-state index in [1.54, 1.807) is 6.92 Å². The molecule has 0 saturated carbocycles. The minimum absolute atomic E-state index is 0.384. The van der Waals surface area contributed by atoms with Crippen LogP contribution in [0.15, 0.2) is 0 Å². The maximum absolute atomic E-state index is 10.7. The van der Waals surface area contributed by atoms with E-state index in [9.17, 15) is 9.59 Å². The monoisotopic (exact) mass is 161 g/mol. The molecule has 0 aliphatic carbocycles. The first-order valence-electron chi connectivity index (χ1n) is 3.25. The maximum Gasteiger partial charge on any atom is 0.306 e. The number of rotatable bonds is 4. The summed E-state index contributed by atoms with van der Waals surface area (Å²) in [5, 5.41) is 19.3. The van der Waals surface area contributed by atoms with Gasteiger partial charge in [-0.2, -0.15) is 0 Å². The third kappa shape index (κ3) is 4.32. The Hall–Kier alpha value is -1.10. The fourth-order valence-corrected chi connectivity index (χ4v) is 0.550. The van der Waals surface area contributed by atoms with E-state index in [-0.39, 0.29) is 0 Å². The van der Waals surface area contributed by atoms with Crippen LogP contribution in [0.2, 0.25) is 0 Å². The van der Waals surface area contributed by atoms with Crippen LogP contribution >= 0.6 is 0 Å². The molecule has 1 amide bonds. The summed E-state index contributed by atoms with van der Waals surface area (Å²) in [6.45, 7) is 2.07. The summed E-state index contributed by atoms with van der Waals surface area (Å²) in [7, 11) is 0. The number of hydrogen-bond acceptors (Lipinski definition) is 3. The van der Waals surface area contributed by atoms with Gasteiger partial charge in [0.1, 0.15) is 6.10 Å². The van der Waals surface area contributed by atoms with E-state index < -0.39 is 24.4 Å². The average Bonchev–Trinajstić information content (AvgIpc) is 1.86. The van der Waals surface area contributed by atoms with Crippen LogP contribution in [0, 0.1) is 0 Å². The Morgan fingerprint density at radius 3 is 2.45 bits per heavy atom. The Morgan fingerprint density at radius 2 is 2.09 bits per heavy atom. The van der Waals surface area contributed by atoms with Gasteiger partial charge in [0.25, 0.3) is 0 Å². The molecule has 0 spiro atoms. The lowest BCUT2D eigenvalue weighted by atomic mass is 10.2. The number of nitrogens with one attached hydrogen (secondary N) is 1. The van der Waals surface area contributed by atoms with Gasteiger partial charge in [-0.05, 0) is 6.92 Å². The number of carbonyl (C=O) groups excluding carboxylic acids is 1. The topological polar surface area (TPSA) is 86.6 Å². The molecule has 5 heteroatoms. The van der Waals surface area contributed by atoms with E-state index in [4.69, 9.17) is 10.2 Å². The van der Waals surface area contributed by atoms with E-state index in [0.29, 0.717) is 6.54 Å². The summed E-state index contributed by atoms with van der Waals surface area (Å²) in [5.74, 6) is -1.83. The van der Waals surface area contributed by atoms with Gasteiger partial charge in [-0.3, -0.25) is 9.59 Å². The number of hydrogen-bond donors (Lipinski definition) is 3. The van der Waals surface area contributed by atoms with Crippen molar-refractivity contribution in [1.82, 2.24) is 5.32 Å². The molecule has 0 aromatic carbocycles. The Balaban J connectivity index is 3.73. The van der Waals surface area contributed by atoms with Crippen molar-refractivity contribution in [1.29, 1.82) is 0 Å². The number of aliphatic hydroxyl groups excluding tert-OH is 1. The SMILES string of the molecule is CCNC(=O)C(O)CC(=O)O. The molecule has 0 bridgehead atoms. The first-order chi connectivity index (χ1) is 5.07. The third-order valence-corrected chi connectivity index (χ3v) is 1.02. The Bertz CT molecular complexity index is 157. The molecule has 5 nitrogen and oxygen atoms in total. The second-order valence-electron chi connectivity index (χ2n) is 2.01. The molecule has 11 heavy (non-hydrogen) atoms. The van der Waals surface area contributed by atoms with Crippen molar-refractivity contribution in [3.8, 4) is 0 Å². The van der Waals surface area contributed by atoms with Crippen molar-refractivity contribution >= 4 is 11.9 Å². The first-order valence-corrected chi connectivity index (χ1v) is 3.25. The molecule has 1 unspecified atom stereocenters. The van der Waals surface area contributed by atoms with Gasteiger partial charge in [0.15, 0.2) is 0 Å². The molecule has 1 atom stereocenters. The lowest BCUT2D eigenvalue weighted by Gasteiger charge is -2.06. The Kier molecular flexibility index (Phi) is 4.21. The summed E-state index contributed by atoms with van der Waals surface area (Å²) < 4.78 is 0. The zero-order valence-corrected chi connectivity index (χ0v) is 6.20. The van der Waals surface area contributed by atoms with Gasteiger partial charge >= 0.3 is 5.97 Å². The first kappa shape index (κ1) is 9.90. The van der Waals surface area contributed by atoms with Crippen LogP contribution in [0.4, 0.5) is 0 Å². The summed E-state index contributed by atoms with van der Waals surface area (Å²) in [6, 6.07) is 0. The lowest BCUT2D eigenvalue weighted by molar-refractivity contribution is -0.143. The number of carboxylic acids is 1. The second kappa shape index (κ2) is 4.68. The molecule has 0 aliphatic rings. The van der Waals surface area contributed by atoms with Gasteiger partial charge in [-0.1, -0.05) is 0 Å². The molecule has 0 aliphatic heterocycles. The van der Waals surface area contributed by atoms with E-state index >= 15 is 0 Å². The molecule has 0 heterocycles. The van der Waals surface area contributed by atoms with E-state index in [1.807, 2.05) is 0 Å². The fourth-order valence-electron chi connectivity index (χ4n) is 0.550. The molecule has 64 valence electrons. The van der Waals surface area contributed by atoms with Crippen LogP contribution < -0.4 is 5.32 Å². The summed E-state index contributed by atoms with van der Waals surface area (Å²) >= 11 is 0. The van der Waals surface area contributed by atoms with Gasteiger partial charge in [-0.25, -0.2) is 0 Å². The highest BCUT2D eigenvalue weighted by Crippen LogP contribution is 1.90. The quantitative estimate of drug-likeness (QED) is 0.491. The van der Waals surface area contributed by atoms with Crippen molar-refractivity contribution in [2.24, 2.45) is 0 Å². The highest BCUT2D eigenvalue weighted by molar-refractivity contribution is 5.84. The van der Waals surface area contributed by atoms with Crippen LogP contribution in [-0.4, -0.2) is 34.7 Å². The van der Waals surface area contributed by atoms with Crippen LogP contribution in [0.1, 0.15) is 13.3 Å². The van der Waals surface area contributed by atoms with E-state index in [0.717, 1.165) is 0 Å². The Morgan fingerprint density at radius 1 is 1.55 bits per heavy atom.